The van der Waals surface area contributed by atoms with Crippen molar-refractivity contribution in [2.24, 2.45) is 23.2 Å². The average Bonchev–Trinajstić information content (AvgIpc) is 3.38. The molecular weight excluding hydrogens is 586 g/mol. The highest BCUT2D eigenvalue weighted by molar-refractivity contribution is 5.95. The van der Waals surface area contributed by atoms with Crippen molar-refractivity contribution >= 4 is 11.6 Å². The molecule has 4 fully saturated rings. The predicted molar refractivity (Wildman–Crippen MR) is 187 cm³/mol. The van der Waals surface area contributed by atoms with E-state index in [4.69, 9.17) is 14.2 Å². The van der Waals surface area contributed by atoms with Crippen molar-refractivity contribution in [3.63, 3.8) is 0 Å². The summed E-state index contributed by atoms with van der Waals surface area (Å²) in [6.45, 7) is 11.3. The molecule has 7 atom stereocenters. The maximum absolute atomic E-state index is 14.6. The third-order valence-corrected chi connectivity index (χ3v) is 12.7. The molecule has 0 aromatic heterocycles. The van der Waals surface area contributed by atoms with E-state index >= 15 is 0 Å². The third-order valence-electron chi connectivity index (χ3n) is 12.7. The Labute approximate surface area is 283 Å². The van der Waals surface area contributed by atoms with Crippen LogP contribution in [0.1, 0.15) is 89.2 Å². The Hall–Kier alpha value is -2.61. The first kappa shape index (κ1) is 32.9. The minimum Gasteiger partial charge on any atom is -0.454 e. The van der Waals surface area contributed by atoms with E-state index in [1.165, 1.54) is 30.4 Å². The highest BCUT2D eigenvalue weighted by Crippen LogP contribution is 2.68. The van der Waals surface area contributed by atoms with Crippen LogP contribution in [0.2, 0.25) is 0 Å². The van der Waals surface area contributed by atoms with Gasteiger partial charge in [0, 0.05) is 36.5 Å². The van der Waals surface area contributed by atoms with E-state index in [1.807, 2.05) is 0 Å². The van der Waals surface area contributed by atoms with E-state index in [0.717, 1.165) is 85.9 Å². The summed E-state index contributed by atoms with van der Waals surface area (Å²) in [6.07, 6.45) is 9.64. The largest absolute Gasteiger partial charge is 0.454 e. The number of unbranched alkanes of at least 4 members (excludes halogenated alkanes) is 1. The summed E-state index contributed by atoms with van der Waals surface area (Å²) in [5.41, 5.74) is 3.73. The molecule has 1 spiro atoms. The second-order valence-corrected chi connectivity index (χ2v) is 16.7. The quantitative estimate of drug-likeness (QED) is 0.228. The number of ether oxygens (including phenoxy) is 3. The van der Waals surface area contributed by atoms with Crippen LogP contribution < -0.4 is 14.4 Å². The summed E-state index contributed by atoms with van der Waals surface area (Å²) < 4.78 is 19.0. The fourth-order valence-electron chi connectivity index (χ4n) is 9.88. The molecule has 0 bridgehead atoms. The van der Waals surface area contributed by atoms with Crippen LogP contribution in [0.15, 0.2) is 42.5 Å². The van der Waals surface area contributed by atoms with Crippen molar-refractivity contribution < 1.29 is 23.5 Å². The smallest absolute Gasteiger partial charge is 0.241 e. The van der Waals surface area contributed by atoms with Gasteiger partial charge in [-0.25, -0.2) is 0 Å². The van der Waals surface area contributed by atoms with Gasteiger partial charge in [0.05, 0.1) is 33.8 Å². The number of likely N-dealkylation sites (tertiary alicyclic amines) is 1. The van der Waals surface area contributed by atoms with Gasteiger partial charge in [0.15, 0.2) is 11.5 Å². The number of hydrogen-bond donors (Lipinski definition) is 0. The van der Waals surface area contributed by atoms with Gasteiger partial charge < -0.3 is 23.6 Å². The van der Waals surface area contributed by atoms with Gasteiger partial charge in [0.1, 0.15) is 6.54 Å². The van der Waals surface area contributed by atoms with Crippen molar-refractivity contribution in [2.45, 2.75) is 96.2 Å². The van der Waals surface area contributed by atoms with Crippen LogP contribution in [0, 0.1) is 23.2 Å². The Bertz CT molecular complexity index is 1460. The lowest BCUT2D eigenvalue weighted by molar-refractivity contribution is -0.884. The SMILES string of the molecule is CCCCN(C(=O)CN1C[C@H](c2ccc3c(c2)OCO3)C[C@]12CC2[C@@](C)(CC)C1OCCC2CCC21)c1cccc(C[N+](C)(C)C)c1. The van der Waals surface area contributed by atoms with Crippen molar-refractivity contribution in [3.8, 4) is 11.5 Å². The van der Waals surface area contributed by atoms with Crippen molar-refractivity contribution in [1.82, 2.24) is 4.90 Å². The molecule has 7 nitrogen and oxygen atoms in total. The van der Waals surface area contributed by atoms with Gasteiger partial charge in [-0.15, -0.1) is 0 Å². The molecule has 3 heterocycles. The van der Waals surface area contributed by atoms with E-state index in [0.29, 0.717) is 30.4 Å². The molecule has 4 unspecified atom stereocenters. The van der Waals surface area contributed by atoms with E-state index in [-0.39, 0.29) is 23.7 Å². The fourth-order valence-corrected chi connectivity index (χ4v) is 9.88. The Morgan fingerprint density at radius 1 is 1.04 bits per heavy atom. The Morgan fingerprint density at radius 3 is 2.62 bits per heavy atom. The number of carbonyl (C=O) groups is 1. The first-order valence-corrected chi connectivity index (χ1v) is 18.5. The summed E-state index contributed by atoms with van der Waals surface area (Å²) >= 11 is 0. The van der Waals surface area contributed by atoms with E-state index < -0.39 is 0 Å². The molecule has 2 saturated heterocycles. The van der Waals surface area contributed by atoms with Crippen molar-refractivity contribution in [1.29, 1.82) is 0 Å². The molecule has 7 rings (SSSR count). The Morgan fingerprint density at radius 2 is 1.87 bits per heavy atom. The highest BCUT2D eigenvalue weighted by Gasteiger charge is 2.70. The lowest BCUT2D eigenvalue weighted by Crippen LogP contribution is -2.53. The Balaban J connectivity index is 1.18. The molecule has 256 valence electrons. The van der Waals surface area contributed by atoms with E-state index in [9.17, 15) is 4.79 Å². The molecule has 2 saturated carbocycles. The number of nitrogens with zero attached hydrogens (tertiary/aromatic N) is 3. The van der Waals surface area contributed by atoms with Gasteiger partial charge in [-0.1, -0.05) is 45.4 Å². The maximum Gasteiger partial charge on any atom is 0.241 e. The molecular formula is C40H58N3O4+. The summed E-state index contributed by atoms with van der Waals surface area (Å²) in [5.74, 6) is 4.33. The lowest BCUT2D eigenvalue weighted by atomic mass is 9.59. The molecule has 0 radical (unpaired) electrons. The highest BCUT2D eigenvalue weighted by atomic mass is 16.7. The first-order chi connectivity index (χ1) is 22.5. The summed E-state index contributed by atoms with van der Waals surface area (Å²) in [7, 11) is 6.65. The second-order valence-electron chi connectivity index (χ2n) is 16.7. The topological polar surface area (TPSA) is 51.2 Å². The lowest BCUT2D eigenvalue weighted by Gasteiger charge is -2.53. The number of carbonyl (C=O) groups excluding carboxylic acids is 1. The first-order valence-electron chi connectivity index (χ1n) is 18.5. The van der Waals surface area contributed by atoms with Crippen LogP contribution in [-0.2, 0) is 16.1 Å². The summed E-state index contributed by atoms with van der Waals surface area (Å²) in [5, 5.41) is 0. The Kier molecular flexibility index (Phi) is 8.89. The van der Waals surface area contributed by atoms with Gasteiger partial charge in [-0.3, -0.25) is 9.69 Å². The number of fused-ring (bicyclic) bond motifs is 2. The number of amides is 1. The monoisotopic (exact) mass is 644 g/mol. The standard InChI is InChI=1S/C40H58N3O4/c1-7-9-18-42(32-12-10-11-28(20-32)26-43(4,5)6)37(44)25-41-24-31(30-14-16-34-35(21-30)47-27-46-34)22-40(41)23-36(40)39(3,8-2)38-33-15-13-29(33)17-19-45-38/h10-12,14,16,20-21,29,31,33,36,38H,7-9,13,15,17-19,22-27H2,1-6H3/q+1/t29?,31-,33?,36?,38?,39-,40-/m1/s1. The number of quaternary nitrogens is 1. The summed E-state index contributed by atoms with van der Waals surface area (Å²) in [4.78, 5) is 19.3. The zero-order chi connectivity index (χ0) is 33.0. The average molecular weight is 645 g/mol. The molecule has 47 heavy (non-hydrogen) atoms. The van der Waals surface area contributed by atoms with Crippen LogP contribution >= 0.6 is 0 Å². The van der Waals surface area contributed by atoms with Gasteiger partial charge in [-0.2, -0.15) is 0 Å². The fraction of sp³-hybridized carbons (Fsp3) is 0.675. The van der Waals surface area contributed by atoms with Crippen LogP contribution in [0.4, 0.5) is 5.69 Å². The van der Waals surface area contributed by atoms with Gasteiger partial charge >= 0.3 is 0 Å². The molecule has 5 aliphatic rings. The van der Waals surface area contributed by atoms with Crippen LogP contribution in [-0.4, -0.2) is 81.1 Å². The number of hydrogen-bond acceptors (Lipinski definition) is 5. The zero-order valence-electron chi connectivity index (χ0n) is 29.8. The van der Waals surface area contributed by atoms with Gasteiger partial charge in [-0.05, 0) is 104 Å². The van der Waals surface area contributed by atoms with Gasteiger partial charge in [0.25, 0.3) is 0 Å². The minimum absolute atomic E-state index is 0.0174. The van der Waals surface area contributed by atoms with Gasteiger partial charge in [0.2, 0.25) is 12.7 Å². The van der Waals surface area contributed by atoms with Crippen LogP contribution in [0.25, 0.3) is 0 Å². The summed E-state index contributed by atoms with van der Waals surface area (Å²) in [6, 6.07) is 15.2. The van der Waals surface area contributed by atoms with Crippen LogP contribution in [0.3, 0.4) is 0 Å². The molecule has 7 heteroatoms. The predicted octanol–water partition coefficient (Wildman–Crippen LogP) is 7.23. The van der Waals surface area contributed by atoms with E-state index in [2.05, 4.69) is 94.2 Å². The molecule has 3 aliphatic heterocycles. The van der Waals surface area contributed by atoms with Crippen molar-refractivity contribution in [2.75, 3.05) is 59.1 Å². The molecule has 2 aliphatic carbocycles. The van der Waals surface area contributed by atoms with Crippen LogP contribution in [0.5, 0.6) is 11.5 Å². The third kappa shape index (κ3) is 6.21. The number of anilines is 1. The number of benzene rings is 2. The minimum atomic E-state index is 0.0174. The second kappa shape index (κ2) is 12.7. The zero-order valence-corrected chi connectivity index (χ0v) is 29.8. The molecule has 2 aromatic rings. The molecule has 2 aromatic carbocycles. The van der Waals surface area contributed by atoms with Crippen molar-refractivity contribution in [3.05, 3.63) is 53.6 Å². The maximum atomic E-state index is 14.6. The molecule has 1 amide bonds. The molecule has 0 N–H and O–H groups in total. The van der Waals surface area contributed by atoms with E-state index in [1.54, 1.807) is 0 Å². The number of rotatable bonds is 12. The normalized spacial score (nSPS) is 30.9.